The van der Waals surface area contributed by atoms with Crippen LogP contribution in [0.4, 0.5) is 11.4 Å². The molecule has 7 heteroatoms. The van der Waals surface area contributed by atoms with E-state index in [-0.39, 0.29) is 5.92 Å². The highest BCUT2D eigenvalue weighted by atomic mass is 16.5. The van der Waals surface area contributed by atoms with Crippen LogP contribution in [-0.4, -0.2) is 9.13 Å². The van der Waals surface area contributed by atoms with Gasteiger partial charge in [-0.2, -0.15) is 0 Å². The summed E-state index contributed by atoms with van der Waals surface area (Å²) in [4.78, 5) is 2.47. The van der Waals surface area contributed by atoms with Gasteiger partial charge in [-0.1, -0.05) is 110 Å². The molecular weight excluding hydrogens is 923 g/mol. The second-order valence-corrected chi connectivity index (χ2v) is 20.9. The van der Waals surface area contributed by atoms with E-state index in [0.29, 0.717) is 5.92 Å². The zero-order valence-corrected chi connectivity index (χ0v) is 41.0. The summed E-state index contributed by atoms with van der Waals surface area (Å²) in [6.45, 7) is 4.67. The number of hydrogen-bond donors (Lipinski definition) is 0. The Morgan fingerprint density at radius 1 is 0.493 bits per heavy atom. The summed E-state index contributed by atoms with van der Waals surface area (Å²) in [6.07, 6.45) is 8.04. The van der Waals surface area contributed by atoms with Crippen molar-refractivity contribution in [1.29, 1.82) is 0 Å². The largest absolute Gasteiger partial charge is 0.481 e. The number of benzene rings is 9. The molecule has 17 rings (SSSR count). The molecule has 75 heavy (non-hydrogen) atoms. The summed E-state index contributed by atoms with van der Waals surface area (Å²) in [6, 6.07) is 69.3. The summed E-state index contributed by atoms with van der Waals surface area (Å²) in [5.41, 5.74) is 17.8. The van der Waals surface area contributed by atoms with Gasteiger partial charge in [-0.25, -0.2) is 0 Å². The molecule has 2 aliphatic carbocycles. The fourth-order valence-corrected chi connectivity index (χ4v) is 13.5. The van der Waals surface area contributed by atoms with E-state index in [1.807, 2.05) is 24.3 Å². The molecule has 0 radical (unpaired) electrons. The Kier molecular flexibility index (Phi) is 8.12. The van der Waals surface area contributed by atoms with E-state index in [1.54, 1.807) is 0 Å². The van der Waals surface area contributed by atoms with Crippen LogP contribution in [0.2, 0.25) is 0 Å². The molecule has 0 amide bonds. The molecule has 9 aromatic carbocycles. The van der Waals surface area contributed by atoms with Crippen molar-refractivity contribution in [3.8, 4) is 17.1 Å². The lowest BCUT2D eigenvalue weighted by atomic mass is 9.73. The number of ether oxygens (including phenoxy) is 1. The van der Waals surface area contributed by atoms with Crippen molar-refractivity contribution in [2.75, 3.05) is 4.90 Å². The third-order valence-corrected chi connectivity index (χ3v) is 16.7. The Morgan fingerprint density at radius 3 is 1.69 bits per heavy atom. The minimum Gasteiger partial charge on any atom is -0.481 e. The van der Waals surface area contributed by atoms with E-state index in [0.717, 1.165) is 134 Å². The highest BCUT2D eigenvalue weighted by molar-refractivity contribution is 6.09. The number of hydrogen-bond acceptors (Lipinski definition) is 5. The van der Waals surface area contributed by atoms with Crippen LogP contribution >= 0.6 is 0 Å². The van der Waals surface area contributed by atoms with Crippen molar-refractivity contribution in [3.63, 3.8) is 0 Å². The normalized spacial score (nSPS) is 17.9. The van der Waals surface area contributed by atoms with Gasteiger partial charge in [0.1, 0.15) is 44.8 Å². The van der Waals surface area contributed by atoms with Gasteiger partial charge in [0.05, 0.1) is 22.6 Å². The lowest BCUT2D eigenvalue weighted by Crippen LogP contribution is -2.39. The van der Waals surface area contributed by atoms with Gasteiger partial charge >= 0.3 is 0 Å². The topological polar surface area (TPSA) is 61.8 Å². The van der Waals surface area contributed by atoms with Crippen molar-refractivity contribution in [2.45, 2.75) is 31.8 Å². The molecule has 3 unspecified atom stereocenters. The third kappa shape index (κ3) is 5.59. The molecule has 6 heterocycles. The minimum absolute atomic E-state index is 0.245. The van der Waals surface area contributed by atoms with E-state index in [4.69, 9.17) is 18.0 Å². The predicted octanol–water partition coefficient (Wildman–Crippen LogP) is 18.1. The molecule has 14 aromatic rings. The van der Waals surface area contributed by atoms with Gasteiger partial charge in [-0.05, 0) is 134 Å². The fraction of sp³-hybridized carbons (Fsp3) is 0.0882. The van der Waals surface area contributed by atoms with Crippen molar-refractivity contribution in [1.82, 2.24) is 9.13 Å². The first kappa shape index (κ1) is 41.1. The maximum Gasteiger partial charge on any atom is 0.146 e. The maximum absolute atomic E-state index is 8.08. The van der Waals surface area contributed by atoms with Crippen molar-refractivity contribution < 1.29 is 18.0 Å². The molecule has 0 N–H and O–H groups in total. The Morgan fingerprint density at radius 2 is 1.04 bits per heavy atom. The summed E-state index contributed by atoms with van der Waals surface area (Å²) in [5, 5.41) is 8.87. The third-order valence-electron chi connectivity index (χ3n) is 16.7. The van der Waals surface area contributed by atoms with Crippen LogP contribution < -0.4 is 9.64 Å². The Labute approximate surface area is 430 Å². The number of aromatic nitrogens is 2. The number of para-hydroxylation sites is 5. The number of nitrogens with zero attached hydrogens (tertiary/aromatic N) is 3. The molecule has 356 valence electrons. The van der Waals surface area contributed by atoms with Gasteiger partial charge < -0.3 is 32.0 Å². The van der Waals surface area contributed by atoms with Crippen LogP contribution in [-0.2, 0) is 12.0 Å². The van der Waals surface area contributed by atoms with Gasteiger partial charge in [0.2, 0.25) is 0 Å². The van der Waals surface area contributed by atoms with Crippen LogP contribution in [0.3, 0.4) is 0 Å². The standard InChI is InChI=1S/C68H45N3O4/c1-39-24-29-54-52(34-39)64-55(70(54)42-26-32-62-50(36-42)45-17-8-12-22-59(45)73-62)30-28-48-66-56(69(40-14-4-3-5-15-40)41-25-31-61-49(35-41)44-16-7-11-21-58(44)72-61)38-57-65(68(66,2)75-67(48)64)47-19-6-10-20-53(47)71(57)43-27-33-63-51(37-43)46-18-9-13-23-60(46)74-63/h3-33,35-39,66H,34H2,1-2H3. The summed E-state index contributed by atoms with van der Waals surface area (Å²) < 4.78 is 32.2. The quantitative estimate of drug-likeness (QED) is 0.172. The molecule has 5 aromatic heterocycles. The monoisotopic (exact) mass is 967 g/mol. The van der Waals surface area contributed by atoms with E-state index in [1.165, 1.54) is 22.2 Å². The molecule has 0 saturated heterocycles. The SMILES string of the molecule is CC1C=Cc2c(c3c4c(ccc3n2-c2ccc3oc5ccccc5c3c2)C2C(N(c3ccccc3)c3ccc5oc6ccccc6c5c3)=Cc3c(c5ccccc5n3-c3ccc5oc6ccccc6c5c3)C2(C)O4)C1. The van der Waals surface area contributed by atoms with Gasteiger partial charge in [-0.15, -0.1) is 0 Å². The predicted molar refractivity (Wildman–Crippen MR) is 304 cm³/mol. The molecule has 0 spiro atoms. The summed E-state index contributed by atoms with van der Waals surface area (Å²) >= 11 is 0. The number of rotatable bonds is 5. The van der Waals surface area contributed by atoms with Gasteiger partial charge in [0.25, 0.3) is 0 Å². The zero-order valence-electron chi connectivity index (χ0n) is 41.0. The first-order valence-electron chi connectivity index (χ1n) is 26.0. The Balaban J connectivity index is 0.962. The Hall–Kier alpha value is -9.46. The molecule has 0 saturated carbocycles. The molecular formula is C68H45N3O4. The molecule has 0 bridgehead atoms. The lowest BCUT2D eigenvalue weighted by molar-refractivity contribution is 0.0985. The van der Waals surface area contributed by atoms with Crippen LogP contribution in [0, 0.1) is 5.92 Å². The van der Waals surface area contributed by atoms with Crippen LogP contribution in [0.15, 0.2) is 219 Å². The minimum atomic E-state index is -0.882. The number of allylic oxidation sites excluding steroid dienone is 1. The molecule has 7 nitrogen and oxygen atoms in total. The molecule has 3 atom stereocenters. The Bertz CT molecular complexity index is 4840. The maximum atomic E-state index is 8.08. The zero-order chi connectivity index (χ0) is 49.3. The smallest absolute Gasteiger partial charge is 0.146 e. The second kappa shape index (κ2) is 14.8. The van der Waals surface area contributed by atoms with Crippen LogP contribution in [0.25, 0.3) is 111 Å². The van der Waals surface area contributed by atoms with Crippen molar-refractivity contribution in [2.24, 2.45) is 5.92 Å². The van der Waals surface area contributed by atoms with Gasteiger partial charge in [0, 0.05) is 88.4 Å². The van der Waals surface area contributed by atoms with Gasteiger partial charge in [0.15, 0.2) is 0 Å². The molecule has 3 aliphatic rings. The van der Waals surface area contributed by atoms with E-state index in [2.05, 4.69) is 216 Å². The van der Waals surface area contributed by atoms with Crippen molar-refractivity contribution in [3.05, 3.63) is 234 Å². The lowest BCUT2D eigenvalue weighted by Gasteiger charge is -2.41. The average molecular weight is 968 g/mol. The van der Waals surface area contributed by atoms with Crippen molar-refractivity contribution >= 4 is 111 Å². The summed E-state index contributed by atoms with van der Waals surface area (Å²) in [5.74, 6) is 1.04. The van der Waals surface area contributed by atoms with E-state index >= 15 is 0 Å². The van der Waals surface area contributed by atoms with Crippen LogP contribution in [0.5, 0.6) is 5.75 Å². The first-order chi connectivity index (χ1) is 36.9. The first-order valence-corrected chi connectivity index (χ1v) is 26.0. The highest BCUT2D eigenvalue weighted by Crippen LogP contribution is 2.63. The average Bonchev–Trinajstić information content (AvgIpc) is 4.29. The molecule has 0 fully saturated rings. The molecule has 1 aliphatic heterocycles. The summed E-state index contributed by atoms with van der Waals surface area (Å²) in [7, 11) is 0. The second-order valence-electron chi connectivity index (χ2n) is 20.9. The van der Waals surface area contributed by atoms with E-state index < -0.39 is 5.60 Å². The van der Waals surface area contributed by atoms with E-state index in [9.17, 15) is 0 Å². The highest BCUT2D eigenvalue weighted by Gasteiger charge is 2.55. The number of furan rings is 3. The number of anilines is 2. The van der Waals surface area contributed by atoms with Crippen LogP contribution in [0.1, 0.15) is 47.8 Å². The fourth-order valence-electron chi connectivity index (χ4n) is 13.5. The van der Waals surface area contributed by atoms with Gasteiger partial charge in [-0.3, -0.25) is 0 Å². The number of fused-ring (bicyclic) bond motifs is 20.